The number of hydrogen-bond donors (Lipinski definition) is 1. The number of imide groups is 1. The maximum atomic E-state index is 12.2. The van der Waals surface area contributed by atoms with Gasteiger partial charge in [0, 0.05) is 37.8 Å². The molecule has 1 heterocycles. The van der Waals surface area contributed by atoms with Crippen LogP contribution in [0.2, 0.25) is 0 Å². The molecule has 1 aliphatic rings. The Bertz CT molecular complexity index is 600. The predicted octanol–water partition coefficient (Wildman–Crippen LogP) is 1.36. The molecule has 3 amide bonds. The number of carbonyl (C=O) groups excluding carboxylic acids is 2. The average Bonchev–Trinajstić information content (AvgIpc) is 2.93. The van der Waals surface area contributed by atoms with E-state index in [0.717, 1.165) is 5.56 Å². The number of rotatable bonds is 6. The number of amides is 3. The molecule has 23 heavy (non-hydrogen) atoms. The number of nitrogens with one attached hydrogen (secondary N) is 1. The molecule has 124 valence electrons. The van der Waals surface area contributed by atoms with Crippen LogP contribution in [0, 0.1) is 10.1 Å². The lowest BCUT2D eigenvalue weighted by Gasteiger charge is -2.27. The Labute approximate surface area is 134 Å². The minimum absolute atomic E-state index is 0.0367. The van der Waals surface area contributed by atoms with Gasteiger partial charge in [-0.3, -0.25) is 24.7 Å². The highest BCUT2D eigenvalue weighted by molar-refractivity contribution is 5.96. The second-order valence-corrected chi connectivity index (χ2v) is 5.70. The van der Waals surface area contributed by atoms with Gasteiger partial charge >= 0.3 is 6.03 Å². The van der Waals surface area contributed by atoms with E-state index >= 15 is 0 Å². The van der Waals surface area contributed by atoms with Crippen LogP contribution >= 0.6 is 0 Å². The van der Waals surface area contributed by atoms with E-state index in [-0.39, 0.29) is 30.2 Å². The van der Waals surface area contributed by atoms with Crippen molar-refractivity contribution in [3.63, 3.8) is 0 Å². The van der Waals surface area contributed by atoms with Crippen molar-refractivity contribution in [1.29, 1.82) is 0 Å². The zero-order chi connectivity index (χ0) is 17.0. The summed E-state index contributed by atoms with van der Waals surface area (Å²) in [5.74, 6) is -0.240. The Balaban J connectivity index is 2.02. The fourth-order valence-electron chi connectivity index (χ4n) is 2.35. The molecule has 2 rings (SSSR count). The van der Waals surface area contributed by atoms with Crippen molar-refractivity contribution in [1.82, 2.24) is 15.1 Å². The third kappa shape index (κ3) is 4.26. The first-order chi connectivity index (χ1) is 10.9. The Morgan fingerprint density at radius 2 is 2.04 bits per heavy atom. The summed E-state index contributed by atoms with van der Waals surface area (Å²) < 4.78 is 0. The zero-order valence-corrected chi connectivity index (χ0v) is 13.2. The highest BCUT2D eigenvalue weighted by Crippen LogP contribution is 2.15. The Kier molecular flexibility index (Phi) is 5.28. The van der Waals surface area contributed by atoms with Crippen LogP contribution in [0.3, 0.4) is 0 Å². The summed E-state index contributed by atoms with van der Waals surface area (Å²) >= 11 is 0. The predicted molar refractivity (Wildman–Crippen MR) is 83.8 cm³/mol. The minimum Gasteiger partial charge on any atom is -0.336 e. The smallest absolute Gasteiger partial charge is 0.324 e. The summed E-state index contributed by atoms with van der Waals surface area (Å²) in [6, 6.07) is 6.00. The van der Waals surface area contributed by atoms with Crippen LogP contribution in [0.25, 0.3) is 0 Å². The topological polar surface area (TPSA) is 95.8 Å². The number of benzene rings is 1. The molecule has 1 N–H and O–H groups in total. The zero-order valence-electron chi connectivity index (χ0n) is 13.2. The second-order valence-electron chi connectivity index (χ2n) is 5.70. The number of urea groups is 1. The van der Waals surface area contributed by atoms with Gasteiger partial charge in [0.25, 0.3) is 5.69 Å². The van der Waals surface area contributed by atoms with Gasteiger partial charge in [-0.1, -0.05) is 12.1 Å². The van der Waals surface area contributed by atoms with Crippen molar-refractivity contribution in [3.8, 4) is 0 Å². The maximum absolute atomic E-state index is 12.2. The van der Waals surface area contributed by atoms with Crippen molar-refractivity contribution < 1.29 is 14.5 Å². The maximum Gasteiger partial charge on any atom is 0.324 e. The lowest BCUT2D eigenvalue weighted by Crippen LogP contribution is -2.43. The Morgan fingerprint density at radius 1 is 1.39 bits per heavy atom. The molecule has 0 bridgehead atoms. The van der Waals surface area contributed by atoms with Crippen molar-refractivity contribution in [3.05, 3.63) is 39.9 Å². The standard InChI is InChI=1S/C15H20N4O4/c1-11(2)17(10-14(20)18-8-7-16-15(18)21)9-12-3-5-13(6-4-12)19(22)23/h3-6,11H,7-10H2,1-2H3,(H,16,21). The van der Waals surface area contributed by atoms with Crippen LogP contribution in [0.4, 0.5) is 10.5 Å². The average molecular weight is 320 g/mol. The largest absolute Gasteiger partial charge is 0.336 e. The van der Waals surface area contributed by atoms with E-state index in [2.05, 4.69) is 5.32 Å². The van der Waals surface area contributed by atoms with Gasteiger partial charge in [-0.2, -0.15) is 0 Å². The lowest BCUT2D eigenvalue weighted by molar-refractivity contribution is -0.384. The molecule has 1 aromatic rings. The molecule has 0 atom stereocenters. The molecule has 0 saturated carbocycles. The number of hydrogen-bond acceptors (Lipinski definition) is 5. The van der Waals surface area contributed by atoms with E-state index in [1.54, 1.807) is 12.1 Å². The number of non-ortho nitro benzene ring substituents is 1. The van der Waals surface area contributed by atoms with Crippen LogP contribution in [-0.4, -0.2) is 52.3 Å². The highest BCUT2D eigenvalue weighted by atomic mass is 16.6. The van der Waals surface area contributed by atoms with E-state index in [9.17, 15) is 19.7 Å². The summed E-state index contributed by atoms with van der Waals surface area (Å²) in [5, 5.41) is 13.3. The molecule has 1 aliphatic heterocycles. The van der Waals surface area contributed by atoms with Gasteiger partial charge in [0.15, 0.2) is 0 Å². The highest BCUT2D eigenvalue weighted by Gasteiger charge is 2.28. The summed E-state index contributed by atoms with van der Waals surface area (Å²) in [6.45, 7) is 5.40. The number of nitrogens with zero attached hydrogens (tertiary/aromatic N) is 3. The van der Waals surface area contributed by atoms with Gasteiger partial charge in [0.2, 0.25) is 5.91 Å². The van der Waals surface area contributed by atoms with E-state index < -0.39 is 4.92 Å². The fraction of sp³-hybridized carbons (Fsp3) is 0.467. The molecular formula is C15H20N4O4. The van der Waals surface area contributed by atoms with Gasteiger partial charge < -0.3 is 5.32 Å². The minimum atomic E-state index is -0.445. The van der Waals surface area contributed by atoms with Crippen molar-refractivity contribution in [2.24, 2.45) is 0 Å². The monoisotopic (exact) mass is 320 g/mol. The normalized spacial score (nSPS) is 14.4. The van der Waals surface area contributed by atoms with E-state index in [0.29, 0.717) is 19.6 Å². The fourth-order valence-corrected chi connectivity index (χ4v) is 2.35. The van der Waals surface area contributed by atoms with Gasteiger partial charge in [0.05, 0.1) is 11.5 Å². The first-order valence-electron chi connectivity index (χ1n) is 7.44. The molecule has 8 heteroatoms. The molecule has 0 spiro atoms. The summed E-state index contributed by atoms with van der Waals surface area (Å²) in [6.07, 6.45) is 0. The molecule has 1 fully saturated rings. The van der Waals surface area contributed by atoms with E-state index in [1.807, 2.05) is 18.7 Å². The third-order valence-electron chi connectivity index (χ3n) is 3.76. The van der Waals surface area contributed by atoms with Gasteiger partial charge in [0.1, 0.15) is 0 Å². The van der Waals surface area contributed by atoms with Gasteiger partial charge in [-0.25, -0.2) is 4.79 Å². The summed E-state index contributed by atoms with van der Waals surface area (Å²) in [5.41, 5.74) is 0.914. The third-order valence-corrected chi connectivity index (χ3v) is 3.76. The molecule has 8 nitrogen and oxygen atoms in total. The molecule has 0 aromatic heterocycles. The van der Waals surface area contributed by atoms with Crippen LogP contribution in [0.5, 0.6) is 0 Å². The van der Waals surface area contributed by atoms with Gasteiger partial charge in [-0.05, 0) is 19.4 Å². The molecule has 0 aliphatic carbocycles. The Morgan fingerprint density at radius 3 is 2.52 bits per heavy atom. The van der Waals surface area contributed by atoms with Crippen LogP contribution in [0.15, 0.2) is 24.3 Å². The molecule has 0 radical (unpaired) electrons. The molecule has 1 aromatic carbocycles. The number of nitro groups is 1. The number of nitro benzene ring substituents is 1. The quantitative estimate of drug-likeness (QED) is 0.630. The first-order valence-corrected chi connectivity index (χ1v) is 7.44. The van der Waals surface area contributed by atoms with Crippen molar-refractivity contribution in [2.75, 3.05) is 19.6 Å². The van der Waals surface area contributed by atoms with Crippen molar-refractivity contribution in [2.45, 2.75) is 26.4 Å². The van der Waals surface area contributed by atoms with Gasteiger partial charge in [-0.15, -0.1) is 0 Å². The first kappa shape index (κ1) is 16.9. The molecule has 1 saturated heterocycles. The molecule has 0 unspecified atom stereocenters. The summed E-state index contributed by atoms with van der Waals surface area (Å²) in [4.78, 5) is 37.1. The SMILES string of the molecule is CC(C)N(CC(=O)N1CCNC1=O)Cc1ccc([N+](=O)[O-])cc1. The van der Waals surface area contributed by atoms with Crippen LogP contribution < -0.4 is 5.32 Å². The molecular weight excluding hydrogens is 300 g/mol. The van der Waals surface area contributed by atoms with Crippen molar-refractivity contribution >= 4 is 17.6 Å². The number of carbonyl (C=O) groups is 2. The van der Waals surface area contributed by atoms with E-state index in [1.165, 1.54) is 17.0 Å². The summed E-state index contributed by atoms with van der Waals surface area (Å²) in [7, 11) is 0. The second kappa shape index (κ2) is 7.19. The van der Waals surface area contributed by atoms with E-state index in [4.69, 9.17) is 0 Å². The Hall–Kier alpha value is -2.48. The lowest BCUT2D eigenvalue weighted by atomic mass is 10.1. The van der Waals surface area contributed by atoms with Crippen LogP contribution in [-0.2, 0) is 11.3 Å². The van der Waals surface area contributed by atoms with Crippen LogP contribution in [0.1, 0.15) is 19.4 Å².